The average molecular weight is 207 g/mol. The molecule has 2 heteroatoms. The Kier molecular flexibility index (Phi) is 4.79. The van der Waals surface area contributed by atoms with Gasteiger partial charge in [-0.25, -0.2) is 0 Å². The molecule has 2 nitrogen and oxygen atoms in total. The van der Waals surface area contributed by atoms with Crippen molar-refractivity contribution in [3.05, 3.63) is 34.9 Å². The molecule has 0 bridgehead atoms. The van der Waals surface area contributed by atoms with Crippen LogP contribution in [0.25, 0.3) is 0 Å². The molecule has 0 saturated carbocycles. The molecule has 1 atom stereocenters. The highest BCUT2D eigenvalue weighted by molar-refractivity contribution is 5.29. The van der Waals surface area contributed by atoms with E-state index in [9.17, 15) is 0 Å². The zero-order valence-corrected chi connectivity index (χ0v) is 9.88. The van der Waals surface area contributed by atoms with Crippen molar-refractivity contribution in [2.45, 2.75) is 39.8 Å². The molecule has 0 radical (unpaired) electrons. The van der Waals surface area contributed by atoms with Gasteiger partial charge in [0, 0.05) is 12.6 Å². The fraction of sp³-hybridized carbons (Fsp3) is 0.538. The third-order valence-corrected chi connectivity index (χ3v) is 2.88. The van der Waals surface area contributed by atoms with Crippen LogP contribution >= 0.6 is 0 Å². The molecule has 0 aliphatic rings. The molecule has 0 fully saturated rings. The monoisotopic (exact) mass is 207 g/mol. The van der Waals surface area contributed by atoms with Crippen molar-refractivity contribution in [2.24, 2.45) is 0 Å². The first-order chi connectivity index (χ1) is 7.17. The summed E-state index contributed by atoms with van der Waals surface area (Å²) in [4.78, 5) is 0. The second-order valence-corrected chi connectivity index (χ2v) is 4.09. The van der Waals surface area contributed by atoms with Gasteiger partial charge < -0.3 is 10.4 Å². The van der Waals surface area contributed by atoms with E-state index in [2.05, 4.69) is 44.3 Å². The minimum Gasteiger partial charge on any atom is -0.395 e. The van der Waals surface area contributed by atoms with Gasteiger partial charge >= 0.3 is 0 Å². The maximum Gasteiger partial charge on any atom is 0.0584 e. The SMILES string of the molecule is CC[C@@H](CO)NCc1ccc(C)c(C)c1. The largest absolute Gasteiger partial charge is 0.395 e. The molecule has 15 heavy (non-hydrogen) atoms. The maximum absolute atomic E-state index is 9.04. The number of hydrogen-bond acceptors (Lipinski definition) is 2. The minimum absolute atomic E-state index is 0.210. The fourth-order valence-corrected chi connectivity index (χ4v) is 1.51. The fourth-order valence-electron chi connectivity index (χ4n) is 1.51. The van der Waals surface area contributed by atoms with Gasteiger partial charge in [0.05, 0.1) is 6.61 Å². The summed E-state index contributed by atoms with van der Waals surface area (Å²) >= 11 is 0. The van der Waals surface area contributed by atoms with E-state index in [-0.39, 0.29) is 12.6 Å². The van der Waals surface area contributed by atoms with Gasteiger partial charge in [-0.3, -0.25) is 0 Å². The molecule has 1 aromatic carbocycles. The van der Waals surface area contributed by atoms with Crippen molar-refractivity contribution in [2.75, 3.05) is 6.61 Å². The summed E-state index contributed by atoms with van der Waals surface area (Å²) in [5, 5.41) is 12.4. The lowest BCUT2D eigenvalue weighted by atomic mass is 10.1. The van der Waals surface area contributed by atoms with Crippen molar-refractivity contribution in [1.82, 2.24) is 5.32 Å². The predicted octanol–water partition coefficient (Wildman–Crippen LogP) is 2.16. The van der Waals surface area contributed by atoms with Gasteiger partial charge in [0.25, 0.3) is 0 Å². The van der Waals surface area contributed by atoms with Crippen LogP contribution in [0.1, 0.15) is 30.0 Å². The van der Waals surface area contributed by atoms with Crippen molar-refractivity contribution in [1.29, 1.82) is 0 Å². The summed E-state index contributed by atoms with van der Waals surface area (Å²) in [5.74, 6) is 0. The number of aryl methyl sites for hydroxylation is 2. The molecule has 0 aliphatic carbocycles. The van der Waals surface area contributed by atoms with Crippen LogP contribution in [0, 0.1) is 13.8 Å². The molecule has 0 heterocycles. The quantitative estimate of drug-likeness (QED) is 0.775. The standard InChI is InChI=1S/C13H21NO/c1-4-13(9-15)14-8-12-6-5-10(2)11(3)7-12/h5-7,13-15H,4,8-9H2,1-3H3/t13-/m0/s1. The van der Waals surface area contributed by atoms with Gasteiger partial charge in [-0.15, -0.1) is 0 Å². The van der Waals surface area contributed by atoms with Gasteiger partial charge in [-0.05, 0) is 37.0 Å². The van der Waals surface area contributed by atoms with Crippen molar-refractivity contribution in [3.63, 3.8) is 0 Å². The number of nitrogens with one attached hydrogen (secondary N) is 1. The Balaban J connectivity index is 2.54. The summed E-state index contributed by atoms with van der Waals surface area (Å²) in [6.45, 7) is 7.37. The highest BCUT2D eigenvalue weighted by atomic mass is 16.3. The maximum atomic E-state index is 9.04. The number of aliphatic hydroxyl groups excluding tert-OH is 1. The number of rotatable bonds is 5. The second kappa shape index (κ2) is 5.89. The van der Waals surface area contributed by atoms with E-state index in [0.29, 0.717) is 0 Å². The second-order valence-electron chi connectivity index (χ2n) is 4.09. The molecule has 2 N–H and O–H groups in total. The third kappa shape index (κ3) is 3.65. The minimum atomic E-state index is 0.210. The molecule has 0 unspecified atom stereocenters. The molecule has 0 spiro atoms. The molecule has 84 valence electrons. The van der Waals surface area contributed by atoms with Crippen LogP contribution in [0.15, 0.2) is 18.2 Å². The van der Waals surface area contributed by atoms with E-state index in [0.717, 1.165) is 13.0 Å². The zero-order valence-electron chi connectivity index (χ0n) is 9.88. The lowest BCUT2D eigenvalue weighted by Gasteiger charge is -2.14. The van der Waals surface area contributed by atoms with E-state index >= 15 is 0 Å². The Morgan fingerprint density at radius 2 is 2.00 bits per heavy atom. The van der Waals surface area contributed by atoms with Gasteiger partial charge in [0.15, 0.2) is 0 Å². The summed E-state index contributed by atoms with van der Waals surface area (Å²) in [6.07, 6.45) is 0.960. The highest BCUT2D eigenvalue weighted by Crippen LogP contribution is 2.09. The molecule has 0 aliphatic heterocycles. The average Bonchev–Trinajstić information content (AvgIpc) is 2.24. The van der Waals surface area contributed by atoms with Crippen LogP contribution in [-0.2, 0) is 6.54 Å². The normalized spacial score (nSPS) is 12.8. The number of benzene rings is 1. The van der Waals surface area contributed by atoms with Crippen LogP contribution in [0.4, 0.5) is 0 Å². The Labute approximate surface area is 92.3 Å². The highest BCUT2D eigenvalue weighted by Gasteiger charge is 2.03. The van der Waals surface area contributed by atoms with Crippen molar-refractivity contribution >= 4 is 0 Å². The van der Waals surface area contributed by atoms with Crippen LogP contribution in [-0.4, -0.2) is 17.8 Å². The van der Waals surface area contributed by atoms with Gasteiger partial charge in [0.1, 0.15) is 0 Å². The van der Waals surface area contributed by atoms with Crippen LogP contribution < -0.4 is 5.32 Å². The first-order valence-corrected chi connectivity index (χ1v) is 5.57. The predicted molar refractivity (Wildman–Crippen MR) is 63.9 cm³/mol. The van der Waals surface area contributed by atoms with Crippen LogP contribution in [0.2, 0.25) is 0 Å². The van der Waals surface area contributed by atoms with Crippen molar-refractivity contribution < 1.29 is 5.11 Å². The molecule has 0 aromatic heterocycles. The van der Waals surface area contributed by atoms with Crippen LogP contribution in [0.5, 0.6) is 0 Å². The Morgan fingerprint density at radius 3 is 2.53 bits per heavy atom. The van der Waals surface area contributed by atoms with Crippen LogP contribution in [0.3, 0.4) is 0 Å². The van der Waals surface area contributed by atoms with Gasteiger partial charge in [-0.2, -0.15) is 0 Å². The van der Waals surface area contributed by atoms with Gasteiger partial charge in [0.2, 0.25) is 0 Å². The Hall–Kier alpha value is -0.860. The van der Waals surface area contributed by atoms with Gasteiger partial charge in [-0.1, -0.05) is 25.1 Å². The van der Waals surface area contributed by atoms with Crippen molar-refractivity contribution in [3.8, 4) is 0 Å². The smallest absolute Gasteiger partial charge is 0.0584 e. The zero-order chi connectivity index (χ0) is 11.3. The lowest BCUT2D eigenvalue weighted by Crippen LogP contribution is -2.31. The number of hydrogen-bond donors (Lipinski definition) is 2. The summed E-state index contributed by atoms with van der Waals surface area (Å²) in [6, 6.07) is 6.70. The summed E-state index contributed by atoms with van der Waals surface area (Å²) < 4.78 is 0. The van der Waals surface area contributed by atoms with E-state index in [1.165, 1.54) is 16.7 Å². The van der Waals surface area contributed by atoms with E-state index < -0.39 is 0 Å². The van der Waals surface area contributed by atoms with E-state index in [1.54, 1.807) is 0 Å². The van der Waals surface area contributed by atoms with E-state index in [1.807, 2.05) is 0 Å². The lowest BCUT2D eigenvalue weighted by molar-refractivity contribution is 0.238. The molecule has 1 rings (SSSR count). The molecule has 1 aromatic rings. The first kappa shape index (κ1) is 12.2. The first-order valence-electron chi connectivity index (χ1n) is 5.57. The molecule has 0 saturated heterocycles. The topological polar surface area (TPSA) is 32.3 Å². The Morgan fingerprint density at radius 1 is 1.27 bits per heavy atom. The number of aliphatic hydroxyl groups is 1. The molecular weight excluding hydrogens is 186 g/mol. The summed E-state index contributed by atoms with van der Waals surface area (Å²) in [5.41, 5.74) is 3.93. The summed E-state index contributed by atoms with van der Waals surface area (Å²) in [7, 11) is 0. The third-order valence-electron chi connectivity index (χ3n) is 2.88. The Bertz CT molecular complexity index is 305. The molecular formula is C13H21NO. The van der Waals surface area contributed by atoms with E-state index in [4.69, 9.17) is 5.11 Å². The molecule has 0 amide bonds.